The average molecular weight is 584 g/mol. The molecule has 0 bridgehead atoms. The van der Waals surface area contributed by atoms with Gasteiger partial charge in [0.15, 0.2) is 5.88 Å². The van der Waals surface area contributed by atoms with E-state index in [0.29, 0.717) is 12.3 Å². The molecule has 2 aliphatic heterocycles. The van der Waals surface area contributed by atoms with Crippen LogP contribution in [0, 0.1) is 11.8 Å². The monoisotopic (exact) mass is 583 g/mol. The van der Waals surface area contributed by atoms with Gasteiger partial charge < -0.3 is 29.3 Å². The van der Waals surface area contributed by atoms with Crippen LogP contribution in [0.25, 0.3) is 12.2 Å². The van der Waals surface area contributed by atoms with E-state index in [1.807, 2.05) is 27.1 Å². The summed E-state index contributed by atoms with van der Waals surface area (Å²) in [7, 11) is 8.94. The second-order valence-electron chi connectivity index (χ2n) is 11.9. The van der Waals surface area contributed by atoms with Crippen LogP contribution in [0.1, 0.15) is 51.2 Å². The Balaban J connectivity index is 1.90. The standard InChI is InChI=1S/C33H50N3O4P/c1-9-28-29(34(6)7)19-26(20-31(28)41)18-24(4)33-23(3)11-13-30(22(2)10-12-27(37)21-32(38)40-33)39-25(5)36-16-14-35(8)15-17-36/h9,11,13,18-20,22-23,27,30,33,37H,1,5,10,12,14-17,21,41H2,2-4,6-8H3/b13-11+,24-18+/t22?,23?,27?,30-,33-/m0/s1. The third kappa shape index (κ3) is 9.19. The van der Waals surface area contributed by atoms with Crippen molar-refractivity contribution in [1.29, 1.82) is 0 Å². The molecule has 2 aliphatic rings. The van der Waals surface area contributed by atoms with Gasteiger partial charge in [0.1, 0.15) is 12.2 Å². The highest BCUT2D eigenvalue weighted by Gasteiger charge is 2.28. The molecule has 1 saturated heterocycles. The SMILES string of the molecule is C=Cc1c(P)cc(/C=C(\C)[C@H]2OC(=O)CC(O)CCC(C)[C@@H](OC(=C)N3CCN(C)CC3)/C=C/C2C)cc1N(C)C. The number of rotatable bonds is 7. The summed E-state index contributed by atoms with van der Waals surface area (Å²) in [6.07, 6.45) is 7.86. The van der Waals surface area contributed by atoms with Crippen molar-refractivity contribution in [3.8, 4) is 0 Å². The van der Waals surface area contributed by atoms with Crippen LogP contribution in [0.15, 0.2) is 48.9 Å². The summed E-state index contributed by atoms with van der Waals surface area (Å²) >= 11 is 0. The molecule has 1 N–H and O–H groups in total. The lowest BCUT2D eigenvalue weighted by Gasteiger charge is -2.36. The molecule has 1 aromatic rings. The maximum atomic E-state index is 12.9. The number of piperazine rings is 1. The molecule has 3 rings (SSSR count). The van der Waals surface area contributed by atoms with Crippen molar-refractivity contribution in [2.45, 2.75) is 58.3 Å². The van der Waals surface area contributed by atoms with Crippen molar-refractivity contribution in [2.24, 2.45) is 11.8 Å². The van der Waals surface area contributed by atoms with Crippen LogP contribution >= 0.6 is 9.24 Å². The predicted molar refractivity (Wildman–Crippen MR) is 174 cm³/mol. The van der Waals surface area contributed by atoms with Crippen LogP contribution in [0.5, 0.6) is 0 Å². The first-order valence-corrected chi connectivity index (χ1v) is 15.2. The van der Waals surface area contributed by atoms with Crippen LogP contribution in [-0.2, 0) is 14.3 Å². The Hall–Kier alpha value is -2.60. The average Bonchev–Trinajstić information content (AvgIpc) is 2.91. The Morgan fingerprint density at radius 3 is 2.49 bits per heavy atom. The van der Waals surface area contributed by atoms with E-state index in [2.05, 4.69) is 88.4 Å². The fourth-order valence-electron chi connectivity index (χ4n) is 5.44. The van der Waals surface area contributed by atoms with Crippen LogP contribution in [0.2, 0.25) is 0 Å². The minimum absolute atomic E-state index is 0.0268. The molecule has 8 heteroatoms. The number of carbonyl (C=O) groups is 1. The van der Waals surface area contributed by atoms with Gasteiger partial charge in [-0.25, -0.2) is 0 Å². The summed E-state index contributed by atoms with van der Waals surface area (Å²) in [5.74, 6) is 0.323. The predicted octanol–water partition coefficient (Wildman–Crippen LogP) is 4.69. The van der Waals surface area contributed by atoms with Crippen LogP contribution in [0.4, 0.5) is 5.69 Å². The number of hydrogen-bond donors (Lipinski definition) is 1. The second-order valence-corrected chi connectivity index (χ2v) is 12.5. The third-order valence-corrected chi connectivity index (χ3v) is 8.61. The molecule has 0 aromatic heterocycles. The number of nitrogens with zero attached hydrogens (tertiary/aromatic N) is 3. The van der Waals surface area contributed by atoms with Crippen molar-refractivity contribution < 1.29 is 19.4 Å². The first kappa shape index (κ1) is 32.9. The molecular formula is C33H50N3O4P. The lowest BCUT2D eigenvalue weighted by atomic mass is 9.91. The second kappa shape index (κ2) is 15.0. The van der Waals surface area contributed by atoms with Crippen molar-refractivity contribution in [3.05, 3.63) is 60.0 Å². The zero-order valence-corrected chi connectivity index (χ0v) is 27.0. The minimum Gasteiger partial charge on any atom is -0.472 e. The molecule has 1 fully saturated rings. The highest BCUT2D eigenvalue weighted by Crippen LogP contribution is 2.28. The number of benzene rings is 1. The van der Waals surface area contributed by atoms with E-state index >= 15 is 0 Å². The quantitative estimate of drug-likeness (QED) is 0.216. The summed E-state index contributed by atoms with van der Waals surface area (Å²) in [4.78, 5) is 19.5. The summed E-state index contributed by atoms with van der Waals surface area (Å²) < 4.78 is 12.5. The molecule has 0 amide bonds. The molecule has 226 valence electrons. The lowest BCUT2D eigenvalue weighted by Crippen LogP contribution is -2.44. The van der Waals surface area contributed by atoms with Gasteiger partial charge in [-0.2, -0.15) is 0 Å². The maximum absolute atomic E-state index is 12.9. The number of aliphatic hydroxyl groups is 1. The lowest BCUT2D eigenvalue weighted by molar-refractivity contribution is -0.151. The molecule has 7 nitrogen and oxygen atoms in total. The Labute approximate surface area is 249 Å². The molecule has 2 heterocycles. The van der Waals surface area contributed by atoms with Crippen LogP contribution in [-0.4, -0.2) is 86.5 Å². The highest BCUT2D eigenvalue weighted by atomic mass is 31.0. The molecule has 0 aliphatic carbocycles. The largest absolute Gasteiger partial charge is 0.472 e. The Kier molecular flexibility index (Phi) is 12.1. The number of hydrogen-bond acceptors (Lipinski definition) is 7. The zero-order chi connectivity index (χ0) is 30.3. The van der Waals surface area contributed by atoms with Gasteiger partial charge in [0.25, 0.3) is 0 Å². The van der Waals surface area contributed by atoms with Crippen molar-refractivity contribution in [3.63, 3.8) is 0 Å². The van der Waals surface area contributed by atoms with Gasteiger partial charge in [-0.3, -0.25) is 4.79 Å². The smallest absolute Gasteiger partial charge is 0.309 e. The van der Waals surface area contributed by atoms with Crippen molar-refractivity contribution >= 4 is 38.4 Å². The highest BCUT2D eigenvalue weighted by molar-refractivity contribution is 7.27. The van der Waals surface area contributed by atoms with E-state index in [-0.39, 0.29) is 30.3 Å². The van der Waals surface area contributed by atoms with Crippen molar-refractivity contribution in [2.75, 3.05) is 52.2 Å². The van der Waals surface area contributed by atoms with Gasteiger partial charge in [0.05, 0.1) is 12.5 Å². The molecule has 41 heavy (non-hydrogen) atoms. The summed E-state index contributed by atoms with van der Waals surface area (Å²) in [6, 6.07) is 4.21. The van der Waals surface area contributed by atoms with Gasteiger partial charge in [0, 0.05) is 57.4 Å². The maximum Gasteiger partial charge on any atom is 0.309 e. The van der Waals surface area contributed by atoms with Gasteiger partial charge in [-0.1, -0.05) is 38.7 Å². The van der Waals surface area contributed by atoms with E-state index in [1.54, 1.807) is 0 Å². The van der Waals surface area contributed by atoms with E-state index < -0.39 is 12.2 Å². The molecule has 0 saturated carbocycles. The normalized spacial score (nSPS) is 27.7. The first-order chi connectivity index (χ1) is 19.4. The minimum atomic E-state index is -0.760. The van der Waals surface area contributed by atoms with Gasteiger partial charge in [0.2, 0.25) is 0 Å². The fraction of sp³-hybridized carbons (Fsp3) is 0.545. The van der Waals surface area contributed by atoms with Gasteiger partial charge in [-0.15, -0.1) is 9.24 Å². The molecule has 0 radical (unpaired) electrons. The number of anilines is 1. The van der Waals surface area contributed by atoms with Crippen LogP contribution in [0.3, 0.4) is 0 Å². The molecule has 6 atom stereocenters. The molecule has 1 aromatic carbocycles. The number of likely N-dealkylation sites (N-methyl/N-ethyl adjacent to an activating group) is 1. The number of carbonyl (C=O) groups excluding carboxylic acids is 1. The van der Waals surface area contributed by atoms with Crippen molar-refractivity contribution in [1.82, 2.24) is 9.80 Å². The number of ether oxygens (including phenoxy) is 2. The number of cyclic esters (lactones) is 1. The van der Waals surface area contributed by atoms with Crippen LogP contribution < -0.4 is 10.2 Å². The Morgan fingerprint density at radius 1 is 1.17 bits per heavy atom. The molecule has 0 spiro atoms. The first-order valence-electron chi connectivity index (χ1n) is 14.7. The Bertz CT molecular complexity index is 1140. The summed E-state index contributed by atoms with van der Waals surface area (Å²) in [5, 5.41) is 11.7. The summed E-state index contributed by atoms with van der Waals surface area (Å²) in [5.41, 5.74) is 4.07. The third-order valence-electron chi connectivity index (χ3n) is 8.13. The zero-order valence-electron chi connectivity index (χ0n) is 25.8. The van der Waals surface area contributed by atoms with Gasteiger partial charge in [-0.05, 0) is 74.0 Å². The van der Waals surface area contributed by atoms with Gasteiger partial charge >= 0.3 is 5.97 Å². The summed E-state index contributed by atoms with van der Waals surface area (Å²) in [6.45, 7) is 18.1. The molecule has 4 unspecified atom stereocenters. The van der Waals surface area contributed by atoms with E-state index in [1.165, 1.54) is 0 Å². The van der Waals surface area contributed by atoms with E-state index in [9.17, 15) is 9.90 Å². The number of esters is 1. The molecular weight excluding hydrogens is 533 g/mol. The topological polar surface area (TPSA) is 65.5 Å². The number of aliphatic hydroxyl groups excluding tert-OH is 1. The van der Waals surface area contributed by atoms with E-state index in [0.717, 1.165) is 60.3 Å². The van der Waals surface area contributed by atoms with E-state index in [4.69, 9.17) is 9.47 Å². The Morgan fingerprint density at radius 2 is 1.85 bits per heavy atom. The fourth-order valence-corrected chi connectivity index (χ4v) is 5.90.